The van der Waals surface area contributed by atoms with Crippen molar-refractivity contribution in [3.05, 3.63) is 53.6 Å². The van der Waals surface area contributed by atoms with E-state index in [0.29, 0.717) is 5.82 Å². The Morgan fingerprint density at radius 1 is 1.04 bits per heavy atom. The maximum Gasteiger partial charge on any atom is 0.180 e. The zero-order chi connectivity index (χ0) is 18.6. The Hall–Kier alpha value is -2.53. The van der Waals surface area contributed by atoms with E-state index < -0.39 is 5.60 Å². The summed E-state index contributed by atoms with van der Waals surface area (Å²) in [4.78, 5) is 0. The van der Waals surface area contributed by atoms with E-state index in [9.17, 15) is 0 Å². The van der Waals surface area contributed by atoms with Gasteiger partial charge in [-0.25, -0.2) is 5.10 Å². The van der Waals surface area contributed by atoms with E-state index in [-0.39, 0.29) is 0 Å². The summed E-state index contributed by atoms with van der Waals surface area (Å²) in [5.41, 5.74) is 5.44. The third-order valence-corrected chi connectivity index (χ3v) is 4.91. The summed E-state index contributed by atoms with van der Waals surface area (Å²) in [5, 5.41) is 14.5. The van der Waals surface area contributed by atoms with Gasteiger partial charge in [-0.2, -0.15) is 0 Å². The fraction of sp³-hybridized carbons (Fsp3) is 0.381. The van der Waals surface area contributed by atoms with Crippen molar-refractivity contribution in [3.8, 4) is 22.5 Å². The number of methoxy groups -OCH3 is 1. The first-order valence-electron chi connectivity index (χ1n) is 9.09. The molecule has 0 amide bonds. The van der Waals surface area contributed by atoms with E-state index in [1.165, 1.54) is 16.7 Å². The first-order chi connectivity index (χ1) is 12.6. The van der Waals surface area contributed by atoms with Crippen molar-refractivity contribution in [2.24, 2.45) is 0 Å². The zero-order valence-corrected chi connectivity index (χ0v) is 15.9. The fourth-order valence-corrected chi connectivity index (χ4v) is 3.29. The molecular formula is C21H26N4O. The average Bonchev–Trinajstić information content (AvgIpc) is 3.20. The second-order valence-electron chi connectivity index (χ2n) is 6.95. The smallest absolute Gasteiger partial charge is 0.180 e. The Kier molecular flexibility index (Phi) is 5.47. The molecule has 1 aromatic heterocycles. The number of hydrogen-bond acceptors (Lipinski definition) is 4. The lowest BCUT2D eigenvalue weighted by atomic mass is 9.83. The van der Waals surface area contributed by atoms with Crippen LogP contribution in [0.1, 0.15) is 44.7 Å². The molecule has 0 aliphatic rings. The van der Waals surface area contributed by atoms with Crippen LogP contribution in [-0.2, 0) is 16.8 Å². The third-order valence-electron chi connectivity index (χ3n) is 4.91. The minimum Gasteiger partial charge on any atom is -0.374 e. The summed E-state index contributed by atoms with van der Waals surface area (Å²) < 4.78 is 5.83. The maximum atomic E-state index is 5.83. The van der Waals surface area contributed by atoms with Gasteiger partial charge < -0.3 is 4.74 Å². The van der Waals surface area contributed by atoms with Gasteiger partial charge in [-0.3, -0.25) is 0 Å². The van der Waals surface area contributed by atoms with Crippen molar-refractivity contribution < 1.29 is 4.74 Å². The SMILES string of the molecule is CCCCc1cccc(C(C)(C)OC)c1-c1ccccc1-c1nnn[nH]1. The normalized spacial score (nSPS) is 11.7. The number of nitrogens with zero attached hydrogens (tertiary/aromatic N) is 3. The molecule has 26 heavy (non-hydrogen) atoms. The number of benzene rings is 2. The molecule has 0 saturated heterocycles. The summed E-state index contributed by atoms with van der Waals surface area (Å²) >= 11 is 0. The van der Waals surface area contributed by atoms with Crippen molar-refractivity contribution in [2.75, 3.05) is 7.11 Å². The molecule has 136 valence electrons. The Labute approximate surface area is 154 Å². The Morgan fingerprint density at radius 3 is 2.46 bits per heavy atom. The minimum atomic E-state index is -0.398. The van der Waals surface area contributed by atoms with Gasteiger partial charge in [-0.1, -0.05) is 55.8 Å². The van der Waals surface area contributed by atoms with Crippen LogP contribution in [0.2, 0.25) is 0 Å². The molecule has 0 aliphatic carbocycles. The second-order valence-corrected chi connectivity index (χ2v) is 6.95. The molecule has 0 aliphatic heterocycles. The monoisotopic (exact) mass is 350 g/mol. The standard InChI is InChI=1S/C21H26N4O/c1-5-6-10-15-11-9-14-18(21(2,3)26-4)19(15)16-12-7-8-13-17(16)20-22-24-25-23-20/h7-9,11-14H,5-6,10H2,1-4H3,(H,22,23,24,25). The van der Waals surface area contributed by atoms with Gasteiger partial charge >= 0.3 is 0 Å². The van der Waals surface area contributed by atoms with E-state index in [4.69, 9.17) is 4.74 Å². The molecule has 1 N–H and O–H groups in total. The summed E-state index contributed by atoms with van der Waals surface area (Å²) in [5.74, 6) is 0.673. The molecule has 0 saturated carbocycles. The van der Waals surface area contributed by atoms with Crippen molar-refractivity contribution >= 4 is 0 Å². The van der Waals surface area contributed by atoms with Crippen LogP contribution in [0.15, 0.2) is 42.5 Å². The maximum absolute atomic E-state index is 5.83. The van der Waals surface area contributed by atoms with Crippen LogP contribution in [-0.4, -0.2) is 27.7 Å². The highest BCUT2D eigenvalue weighted by molar-refractivity contribution is 5.84. The molecule has 5 nitrogen and oxygen atoms in total. The van der Waals surface area contributed by atoms with Crippen molar-refractivity contribution in [1.29, 1.82) is 0 Å². The molecule has 3 rings (SSSR count). The van der Waals surface area contributed by atoms with Crippen molar-refractivity contribution in [3.63, 3.8) is 0 Å². The lowest BCUT2D eigenvalue weighted by Gasteiger charge is -2.28. The quantitative estimate of drug-likeness (QED) is 0.667. The number of ether oxygens (including phenoxy) is 1. The molecule has 0 unspecified atom stereocenters. The van der Waals surface area contributed by atoms with E-state index >= 15 is 0 Å². The molecule has 3 aromatic rings. The molecule has 0 radical (unpaired) electrons. The molecule has 0 atom stereocenters. The minimum absolute atomic E-state index is 0.398. The predicted molar refractivity (Wildman–Crippen MR) is 104 cm³/mol. The summed E-state index contributed by atoms with van der Waals surface area (Å²) in [6, 6.07) is 14.8. The molecule has 5 heteroatoms. The predicted octanol–water partition coefficient (Wildman–Crippen LogP) is 4.76. The lowest BCUT2D eigenvalue weighted by Crippen LogP contribution is -2.21. The number of tetrazole rings is 1. The fourth-order valence-electron chi connectivity index (χ4n) is 3.29. The number of aromatic amines is 1. The molecule has 1 heterocycles. The third kappa shape index (κ3) is 3.53. The van der Waals surface area contributed by atoms with E-state index in [1.807, 2.05) is 6.07 Å². The Bertz CT molecular complexity index is 856. The highest BCUT2D eigenvalue weighted by atomic mass is 16.5. The number of H-pyrrole nitrogens is 1. The van der Waals surface area contributed by atoms with E-state index in [1.54, 1.807) is 7.11 Å². The van der Waals surface area contributed by atoms with Crippen LogP contribution in [0, 0.1) is 0 Å². The largest absolute Gasteiger partial charge is 0.374 e. The lowest BCUT2D eigenvalue weighted by molar-refractivity contribution is 0.0196. The average molecular weight is 350 g/mol. The highest BCUT2D eigenvalue weighted by Crippen LogP contribution is 2.40. The van der Waals surface area contributed by atoms with Crippen LogP contribution in [0.25, 0.3) is 22.5 Å². The van der Waals surface area contributed by atoms with Crippen molar-refractivity contribution in [1.82, 2.24) is 20.6 Å². The highest BCUT2D eigenvalue weighted by Gasteiger charge is 2.26. The van der Waals surface area contributed by atoms with Gasteiger partial charge in [0.2, 0.25) is 0 Å². The zero-order valence-electron chi connectivity index (χ0n) is 15.9. The number of rotatable bonds is 7. The number of aryl methyl sites for hydroxylation is 1. The van der Waals surface area contributed by atoms with E-state index in [2.05, 4.69) is 77.8 Å². The molecule has 2 aromatic carbocycles. The van der Waals surface area contributed by atoms with Gasteiger partial charge in [0.25, 0.3) is 0 Å². The summed E-state index contributed by atoms with van der Waals surface area (Å²) in [6.07, 6.45) is 3.34. The molecule has 0 spiro atoms. The first kappa shape index (κ1) is 18.3. The first-order valence-corrected chi connectivity index (χ1v) is 9.09. The number of unbranched alkanes of at least 4 members (excludes halogenated alkanes) is 1. The Morgan fingerprint density at radius 2 is 1.81 bits per heavy atom. The summed E-state index contributed by atoms with van der Waals surface area (Å²) in [7, 11) is 1.76. The van der Waals surface area contributed by atoms with Gasteiger partial charge in [0, 0.05) is 12.7 Å². The van der Waals surface area contributed by atoms with E-state index in [0.717, 1.165) is 30.4 Å². The van der Waals surface area contributed by atoms with Crippen LogP contribution in [0.5, 0.6) is 0 Å². The molecule has 0 bridgehead atoms. The Balaban J connectivity index is 2.27. The van der Waals surface area contributed by atoms with Crippen molar-refractivity contribution in [2.45, 2.75) is 45.6 Å². The van der Waals surface area contributed by atoms with Gasteiger partial charge in [0.15, 0.2) is 5.82 Å². The second kappa shape index (κ2) is 7.79. The van der Waals surface area contributed by atoms with Crippen LogP contribution >= 0.6 is 0 Å². The van der Waals surface area contributed by atoms with Crippen LogP contribution in [0.3, 0.4) is 0 Å². The number of aromatic nitrogens is 4. The number of hydrogen-bond donors (Lipinski definition) is 1. The van der Waals surface area contributed by atoms with Crippen LogP contribution in [0.4, 0.5) is 0 Å². The van der Waals surface area contributed by atoms with Gasteiger partial charge in [0.1, 0.15) is 0 Å². The topological polar surface area (TPSA) is 63.7 Å². The van der Waals surface area contributed by atoms with Gasteiger partial charge in [-0.05, 0) is 59.4 Å². The molecular weight excluding hydrogens is 324 g/mol. The van der Waals surface area contributed by atoms with Gasteiger partial charge in [0.05, 0.1) is 5.60 Å². The van der Waals surface area contributed by atoms with Gasteiger partial charge in [-0.15, -0.1) is 5.10 Å². The number of nitrogens with one attached hydrogen (secondary N) is 1. The summed E-state index contributed by atoms with van der Waals surface area (Å²) in [6.45, 7) is 6.43. The van der Waals surface area contributed by atoms with Crippen LogP contribution < -0.4 is 0 Å². The molecule has 0 fully saturated rings.